The number of rotatable bonds is 5. The molecule has 1 aliphatic heterocycles. The first-order valence-electron chi connectivity index (χ1n) is 5.63. The molecule has 1 saturated heterocycles. The van der Waals surface area contributed by atoms with Crippen LogP contribution in [-0.4, -0.2) is 54.9 Å². The number of hydrogen-bond donors (Lipinski definition) is 2. The normalized spacial score (nSPS) is 20.9. The van der Waals surface area contributed by atoms with Gasteiger partial charge in [0, 0.05) is 19.7 Å². The van der Waals surface area contributed by atoms with Crippen molar-refractivity contribution in [3.8, 4) is 0 Å². The lowest BCUT2D eigenvalue weighted by atomic mass is 10.1. The van der Waals surface area contributed by atoms with Gasteiger partial charge in [0.05, 0.1) is 0 Å². The zero-order chi connectivity index (χ0) is 12.9. The fourth-order valence-electron chi connectivity index (χ4n) is 1.87. The third-order valence-corrected chi connectivity index (χ3v) is 2.76. The van der Waals surface area contributed by atoms with Crippen LogP contribution in [-0.2, 0) is 4.79 Å². The van der Waals surface area contributed by atoms with Gasteiger partial charge in [-0.05, 0) is 31.8 Å². The Bertz CT molecular complexity index is 258. The summed E-state index contributed by atoms with van der Waals surface area (Å²) < 4.78 is 36.4. The summed E-state index contributed by atoms with van der Waals surface area (Å²) in [5, 5.41) is 11.6. The van der Waals surface area contributed by atoms with Crippen LogP contribution in [0.2, 0.25) is 0 Å². The van der Waals surface area contributed by atoms with E-state index in [0.29, 0.717) is 25.9 Å². The van der Waals surface area contributed by atoms with Crippen molar-refractivity contribution in [2.45, 2.75) is 19.0 Å². The highest BCUT2D eigenvalue weighted by molar-refractivity contribution is 5.82. The lowest BCUT2D eigenvalue weighted by Gasteiger charge is -2.18. The van der Waals surface area contributed by atoms with E-state index in [-0.39, 0.29) is 25.6 Å². The van der Waals surface area contributed by atoms with Gasteiger partial charge in [-0.15, -0.1) is 0 Å². The van der Waals surface area contributed by atoms with Gasteiger partial charge in [-0.25, -0.2) is 0 Å². The SMILES string of the molecule is O=C(N1CCC(CNCCCO)C1)C(F)(F)F. The highest BCUT2D eigenvalue weighted by Gasteiger charge is 2.44. The van der Waals surface area contributed by atoms with Gasteiger partial charge in [-0.2, -0.15) is 13.2 Å². The molecule has 1 rings (SSSR count). The van der Waals surface area contributed by atoms with Gasteiger partial charge < -0.3 is 15.3 Å². The predicted molar refractivity (Wildman–Crippen MR) is 55.3 cm³/mol. The molecule has 1 unspecified atom stereocenters. The van der Waals surface area contributed by atoms with E-state index in [1.807, 2.05) is 0 Å². The zero-order valence-corrected chi connectivity index (χ0v) is 9.46. The predicted octanol–water partition coefficient (Wildman–Crippen LogP) is 0.369. The fraction of sp³-hybridized carbons (Fsp3) is 0.900. The highest BCUT2D eigenvalue weighted by Crippen LogP contribution is 2.23. The summed E-state index contributed by atoms with van der Waals surface area (Å²) in [6.45, 7) is 1.65. The first-order chi connectivity index (χ1) is 7.95. The first-order valence-corrected chi connectivity index (χ1v) is 5.63. The number of aliphatic hydroxyl groups is 1. The van der Waals surface area contributed by atoms with Gasteiger partial charge in [-0.1, -0.05) is 0 Å². The summed E-state index contributed by atoms with van der Waals surface area (Å²) in [6, 6.07) is 0. The smallest absolute Gasteiger partial charge is 0.396 e. The van der Waals surface area contributed by atoms with Gasteiger partial charge in [0.25, 0.3) is 0 Å². The van der Waals surface area contributed by atoms with Gasteiger partial charge in [0.15, 0.2) is 0 Å². The third kappa shape index (κ3) is 4.51. The van der Waals surface area contributed by atoms with Gasteiger partial charge in [0.1, 0.15) is 0 Å². The molecule has 0 spiro atoms. The number of halogens is 3. The standard InChI is InChI=1S/C10H17F3N2O2/c11-10(12,13)9(17)15-4-2-8(7-15)6-14-3-1-5-16/h8,14,16H,1-7H2. The number of carbonyl (C=O) groups is 1. The number of nitrogens with zero attached hydrogens (tertiary/aromatic N) is 1. The average molecular weight is 254 g/mol. The van der Waals surface area contributed by atoms with E-state index in [1.54, 1.807) is 0 Å². The Hall–Kier alpha value is -0.820. The van der Waals surface area contributed by atoms with Crippen molar-refractivity contribution >= 4 is 5.91 Å². The number of amides is 1. The topological polar surface area (TPSA) is 52.6 Å². The van der Waals surface area contributed by atoms with Crippen molar-refractivity contribution in [2.75, 3.05) is 32.8 Å². The molecule has 1 aliphatic rings. The molecular weight excluding hydrogens is 237 g/mol. The quantitative estimate of drug-likeness (QED) is 0.697. The van der Waals surface area contributed by atoms with Gasteiger partial charge >= 0.3 is 12.1 Å². The van der Waals surface area contributed by atoms with Crippen molar-refractivity contribution in [3.63, 3.8) is 0 Å². The Kier molecular flexibility index (Phi) is 5.20. The van der Waals surface area contributed by atoms with Crippen LogP contribution in [0.3, 0.4) is 0 Å². The van der Waals surface area contributed by atoms with E-state index in [1.165, 1.54) is 0 Å². The summed E-state index contributed by atoms with van der Waals surface area (Å²) in [5.74, 6) is -1.67. The van der Waals surface area contributed by atoms with E-state index in [4.69, 9.17) is 5.11 Å². The molecule has 1 amide bonds. The molecule has 7 heteroatoms. The Morgan fingerprint density at radius 1 is 1.47 bits per heavy atom. The number of hydrogen-bond acceptors (Lipinski definition) is 3. The minimum absolute atomic E-state index is 0.0694. The van der Waals surface area contributed by atoms with Crippen molar-refractivity contribution in [1.82, 2.24) is 10.2 Å². The largest absolute Gasteiger partial charge is 0.471 e. The summed E-state index contributed by atoms with van der Waals surface area (Å²) >= 11 is 0. The van der Waals surface area contributed by atoms with Crippen molar-refractivity contribution in [2.24, 2.45) is 5.92 Å². The monoisotopic (exact) mass is 254 g/mol. The van der Waals surface area contributed by atoms with Crippen LogP contribution in [0.5, 0.6) is 0 Å². The number of aliphatic hydroxyl groups excluding tert-OH is 1. The second-order valence-electron chi connectivity index (χ2n) is 4.18. The molecule has 0 aromatic heterocycles. The van der Waals surface area contributed by atoms with Crippen LogP contribution >= 0.6 is 0 Å². The molecule has 2 N–H and O–H groups in total. The summed E-state index contributed by atoms with van der Waals surface area (Å²) in [5.41, 5.74) is 0. The van der Waals surface area contributed by atoms with Crippen molar-refractivity contribution in [1.29, 1.82) is 0 Å². The second-order valence-corrected chi connectivity index (χ2v) is 4.18. The van der Waals surface area contributed by atoms with Crippen molar-refractivity contribution < 1.29 is 23.1 Å². The van der Waals surface area contributed by atoms with Crippen LogP contribution < -0.4 is 5.32 Å². The van der Waals surface area contributed by atoms with E-state index in [0.717, 1.165) is 4.90 Å². The summed E-state index contributed by atoms with van der Waals surface area (Å²) in [7, 11) is 0. The number of likely N-dealkylation sites (tertiary alicyclic amines) is 1. The minimum Gasteiger partial charge on any atom is -0.396 e. The Morgan fingerprint density at radius 2 is 2.18 bits per heavy atom. The molecule has 0 aliphatic carbocycles. The number of carbonyl (C=O) groups excluding carboxylic acids is 1. The maximum atomic E-state index is 12.1. The molecule has 0 saturated carbocycles. The zero-order valence-electron chi connectivity index (χ0n) is 9.46. The third-order valence-electron chi connectivity index (χ3n) is 2.76. The molecule has 1 atom stereocenters. The number of nitrogens with one attached hydrogen (secondary N) is 1. The summed E-state index contributed by atoms with van der Waals surface area (Å²) in [6.07, 6.45) is -3.55. The number of alkyl halides is 3. The molecule has 0 radical (unpaired) electrons. The second kappa shape index (κ2) is 6.20. The minimum atomic E-state index is -4.76. The van der Waals surface area contributed by atoms with E-state index < -0.39 is 12.1 Å². The molecule has 100 valence electrons. The molecule has 0 aromatic carbocycles. The fourth-order valence-corrected chi connectivity index (χ4v) is 1.87. The molecule has 1 heterocycles. The van der Waals surface area contributed by atoms with Crippen molar-refractivity contribution in [3.05, 3.63) is 0 Å². The van der Waals surface area contributed by atoms with Gasteiger partial charge in [-0.3, -0.25) is 4.79 Å². The Morgan fingerprint density at radius 3 is 2.76 bits per heavy atom. The Labute approximate surface area is 97.8 Å². The highest BCUT2D eigenvalue weighted by atomic mass is 19.4. The molecule has 0 bridgehead atoms. The van der Waals surface area contributed by atoms with Crippen LogP contribution in [0.4, 0.5) is 13.2 Å². The lowest BCUT2D eigenvalue weighted by molar-refractivity contribution is -0.184. The molecular formula is C10H17F3N2O2. The maximum Gasteiger partial charge on any atom is 0.471 e. The lowest BCUT2D eigenvalue weighted by Crippen LogP contribution is -2.40. The van der Waals surface area contributed by atoms with Crippen LogP contribution in [0, 0.1) is 5.92 Å². The molecule has 1 fully saturated rings. The molecule has 17 heavy (non-hydrogen) atoms. The van der Waals surface area contributed by atoms with Gasteiger partial charge in [0.2, 0.25) is 0 Å². The first kappa shape index (κ1) is 14.2. The van der Waals surface area contributed by atoms with E-state index in [2.05, 4.69) is 5.32 Å². The van der Waals surface area contributed by atoms with Crippen LogP contribution in [0.1, 0.15) is 12.8 Å². The van der Waals surface area contributed by atoms with E-state index in [9.17, 15) is 18.0 Å². The summed E-state index contributed by atoms with van der Waals surface area (Å²) in [4.78, 5) is 11.8. The molecule has 4 nitrogen and oxygen atoms in total. The molecule has 0 aromatic rings. The van der Waals surface area contributed by atoms with Crippen LogP contribution in [0.15, 0.2) is 0 Å². The Balaban J connectivity index is 2.25. The maximum absolute atomic E-state index is 12.1. The average Bonchev–Trinajstić information content (AvgIpc) is 2.70. The van der Waals surface area contributed by atoms with E-state index >= 15 is 0 Å². The van der Waals surface area contributed by atoms with Crippen LogP contribution in [0.25, 0.3) is 0 Å².